The maximum Gasteiger partial charge on any atom is 0.393 e. The second kappa shape index (κ2) is 12.6. The van der Waals surface area contributed by atoms with Gasteiger partial charge in [0.15, 0.2) is 0 Å². The largest absolute Gasteiger partial charge is 0.393 e. The van der Waals surface area contributed by atoms with Gasteiger partial charge in [-0.3, -0.25) is 14.6 Å². The fourth-order valence-electron chi connectivity index (χ4n) is 4.97. The lowest BCUT2D eigenvalue weighted by molar-refractivity contribution is -0.132. The van der Waals surface area contributed by atoms with Crippen molar-refractivity contribution in [2.45, 2.75) is 44.2 Å². The van der Waals surface area contributed by atoms with Crippen LogP contribution in [-0.4, -0.2) is 45.9 Å². The summed E-state index contributed by atoms with van der Waals surface area (Å²) in [7, 11) is 0. The molecule has 1 fully saturated rings. The molecule has 1 N–H and O–H groups in total. The lowest BCUT2D eigenvalue weighted by Gasteiger charge is -2.31. The lowest BCUT2D eigenvalue weighted by Crippen LogP contribution is -2.38. The molecule has 0 spiro atoms. The number of anilines is 1. The van der Waals surface area contributed by atoms with E-state index in [1.54, 1.807) is 42.0 Å². The van der Waals surface area contributed by atoms with Gasteiger partial charge < -0.3 is 10.2 Å². The second-order valence-corrected chi connectivity index (χ2v) is 11.0. The number of halogens is 3. The monoisotopic (exact) mass is 578 g/mol. The first-order chi connectivity index (χ1) is 19.7. The van der Waals surface area contributed by atoms with E-state index in [0.717, 1.165) is 23.4 Å². The van der Waals surface area contributed by atoms with Crippen molar-refractivity contribution in [2.24, 2.45) is 0 Å². The summed E-state index contributed by atoms with van der Waals surface area (Å²) in [6.07, 6.45) is 0.957. The summed E-state index contributed by atoms with van der Waals surface area (Å²) in [5.74, 6) is -0.0248. The molecule has 1 saturated heterocycles. The molecule has 4 aromatic rings. The van der Waals surface area contributed by atoms with Gasteiger partial charge in [-0.05, 0) is 48.1 Å². The topological polar surface area (TPSA) is 75.2 Å². The van der Waals surface area contributed by atoms with Crippen LogP contribution in [0.15, 0.2) is 78.4 Å². The van der Waals surface area contributed by atoms with E-state index in [-0.39, 0.29) is 23.3 Å². The zero-order valence-electron chi connectivity index (χ0n) is 22.2. The fraction of sp³-hybridized carbons (Fsp3) is 0.290. The summed E-state index contributed by atoms with van der Waals surface area (Å²) in [4.78, 5) is 36.4. The number of alkyl halides is 3. The average Bonchev–Trinajstić information content (AvgIpc) is 3.47. The van der Waals surface area contributed by atoms with Crippen LogP contribution in [0.3, 0.4) is 0 Å². The number of aromatic nitrogens is 2. The molecular formula is C31H29F3N4O2S. The molecule has 3 heterocycles. The normalized spacial score (nSPS) is 14.2. The zero-order valence-corrected chi connectivity index (χ0v) is 23.0. The Hall–Kier alpha value is -4.05. The minimum atomic E-state index is -4.27. The van der Waals surface area contributed by atoms with Gasteiger partial charge in [0.2, 0.25) is 5.91 Å². The summed E-state index contributed by atoms with van der Waals surface area (Å²) in [6.45, 7) is 1.32. The number of benzene rings is 2. The highest BCUT2D eigenvalue weighted by molar-refractivity contribution is 7.10. The summed E-state index contributed by atoms with van der Waals surface area (Å²) < 4.78 is 38.1. The van der Waals surface area contributed by atoms with Gasteiger partial charge in [0.1, 0.15) is 5.69 Å². The van der Waals surface area contributed by atoms with Crippen LogP contribution in [-0.2, 0) is 17.6 Å². The molecule has 2 amide bonds. The number of aryl methyl sites for hydroxylation is 1. The van der Waals surface area contributed by atoms with Gasteiger partial charge in [0.25, 0.3) is 5.91 Å². The van der Waals surface area contributed by atoms with Crippen LogP contribution in [0.5, 0.6) is 0 Å². The summed E-state index contributed by atoms with van der Waals surface area (Å²) in [5.41, 5.74) is 3.50. The molecule has 41 heavy (non-hydrogen) atoms. The van der Waals surface area contributed by atoms with Crippen molar-refractivity contribution >= 4 is 28.8 Å². The second-order valence-electron chi connectivity index (χ2n) is 10.1. The molecule has 0 radical (unpaired) electrons. The van der Waals surface area contributed by atoms with Crippen molar-refractivity contribution in [1.29, 1.82) is 0 Å². The Kier molecular flexibility index (Phi) is 8.78. The number of nitrogens with one attached hydrogen (secondary N) is 1. The SMILES string of the molecule is O=C(Nc1ccccc1-c1ccc(CC(F)(F)F)cc1)c1csc(C2CCN(C(=O)CCc3cccnc3)CC2)n1. The van der Waals surface area contributed by atoms with E-state index in [2.05, 4.69) is 15.3 Å². The first-order valence-electron chi connectivity index (χ1n) is 13.4. The van der Waals surface area contributed by atoms with Gasteiger partial charge in [-0.2, -0.15) is 13.2 Å². The van der Waals surface area contributed by atoms with Gasteiger partial charge in [-0.1, -0.05) is 48.5 Å². The fourth-order valence-corrected chi connectivity index (χ4v) is 5.95. The maximum absolute atomic E-state index is 13.1. The van der Waals surface area contributed by atoms with E-state index in [0.29, 0.717) is 48.4 Å². The molecule has 0 saturated carbocycles. The van der Waals surface area contributed by atoms with Crippen molar-refractivity contribution < 1.29 is 22.8 Å². The minimum Gasteiger partial charge on any atom is -0.343 e. The van der Waals surface area contributed by atoms with Crippen molar-refractivity contribution in [3.63, 3.8) is 0 Å². The number of carbonyl (C=O) groups excluding carboxylic acids is 2. The van der Waals surface area contributed by atoms with Gasteiger partial charge >= 0.3 is 6.18 Å². The molecule has 1 aliphatic heterocycles. The maximum atomic E-state index is 13.1. The number of piperidine rings is 1. The van der Waals surface area contributed by atoms with Crippen molar-refractivity contribution in [1.82, 2.24) is 14.9 Å². The third kappa shape index (κ3) is 7.58. The first-order valence-corrected chi connectivity index (χ1v) is 14.3. The van der Waals surface area contributed by atoms with Crippen LogP contribution in [0.25, 0.3) is 11.1 Å². The van der Waals surface area contributed by atoms with Crippen molar-refractivity contribution in [2.75, 3.05) is 18.4 Å². The number of pyridine rings is 1. The Labute approximate surface area is 240 Å². The Bertz CT molecular complexity index is 1480. The third-order valence-corrected chi connectivity index (χ3v) is 8.15. The molecule has 1 aliphatic rings. The Morgan fingerprint density at radius 2 is 1.73 bits per heavy atom. The quantitative estimate of drug-likeness (QED) is 0.247. The Morgan fingerprint density at radius 3 is 2.44 bits per heavy atom. The van der Waals surface area contributed by atoms with Crippen LogP contribution >= 0.6 is 11.3 Å². The summed E-state index contributed by atoms with van der Waals surface area (Å²) >= 11 is 1.44. The first kappa shape index (κ1) is 28.5. The van der Waals surface area contributed by atoms with Crippen LogP contribution in [0, 0.1) is 0 Å². The van der Waals surface area contributed by atoms with Crippen LogP contribution in [0.1, 0.15) is 51.8 Å². The minimum absolute atomic E-state index is 0.139. The zero-order chi connectivity index (χ0) is 28.8. The number of carbonyl (C=O) groups is 2. The molecule has 6 nitrogen and oxygen atoms in total. The van der Waals surface area contributed by atoms with E-state index < -0.39 is 12.6 Å². The average molecular weight is 579 g/mol. The lowest BCUT2D eigenvalue weighted by atomic mass is 9.97. The number of hydrogen-bond donors (Lipinski definition) is 1. The van der Waals surface area contributed by atoms with Gasteiger partial charge in [-0.25, -0.2) is 4.98 Å². The van der Waals surface area contributed by atoms with E-state index in [1.807, 2.05) is 29.2 Å². The predicted octanol–water partition coefficient (Wildman–Crippen LogP) is 6.90. The number of nitrogens with zero attached hydrogens (tertiary/aromatic N) is 3. The van der Waals surface area contributed by atoms with Gasteiger partial charge in [0.05, 0.1) is 11.4 Å². The smallest absolute Gasteiger partial charge is 0.343 e. The van der Waals surface area contributed by atoms with E-state index in [4.69, 9.17) is 0 Å². The standard InChI is InChI=1S/C31H29F3N4O2S/c32-31(33,34)18-21-7-10-23(11-8-21)25-5-1-2-6-26(25)36-29(40)27-20-41-30(37-27)24-13-16-38(17-14-24)28(39)12-9-22-4-3-15-35-19-22/h1-8,10-11,15,19-20,24H,9,12-14,16-18H2,(H,36,40). The number of thiazole rings is 1. The molecule has 5 rings (SSSR count). The predicted molar refractivity (Wildman–Crippen MR) is 153 cm³/mol. The molecule has 0 bridgehead atoms. The van der Waals surface area contributed by atoms with Crippen LogP contribution < -0.4 is 5.32 Å². The Morgan fingerprint density at radius 1 is 0.976 bits per heavy atom. The number of amides is 2. The Balaban J connectivity index is 1.17. The summed E-state index contributed by atoms with van der Waals surface area (Å²) in [6, 6.07) is 17.2. The highest BCUT2D eigenvalue weighted by Gasteiger charge is 2.28. The number of hydrogen-bond acceptors (Lipinski definition) is 5. The van der Waals surface area contributed by atoms with E-state index in [1.165, 1.54) is 23.5 Å². The van der Waals surface area contributed by atoms with Gasteiger partial charge in [0, 0.05) is 54.5 Å². The molecule has 2 aromatic carbocycles. The molecule has 212 valence electrons. The van der Waals surface area contributed by atoms with E-state index in [9.17, 15) is 22.8 Å². The number of rotatable bonds is 8. The number of likely N-dealkylation sites (tertiary alicyclic amines) is 1. The highest BCUT2D eigenvalue weighted by Crippen LogP contribution is 2.32. The highest BCUT2D eigenvalue weighted by atomic mass is 32.1. The number of para-hydroxylation sites is 1. The van der Waals surface area contributed by atoms with Crippen molar-refractivity contribution in [3.8, 4) is 11.1 Å². The van der Waals surface area contributed by atoms with Crippen LogP contribution in [0.4, 0.5) is 18.9 Å². The van der Waals surface area contributed by atoms with Crippen molar-refractivity contribution in [3.05, 3.63) is 100 Å². The molecule has 0 aliphatic carbocycles. The van der Waals surface area contributed by atoms with Gasteiger partial charge in [-0.15, -0.1) is 11.3 Å². The molecule has 0 atom stereocenters. The third-order valence-electron chi connectivity index (χ3n) is 7.15. The van der Waals surface area contributed by atoms with Crippen LogP contribution in [0.2, 0.25) is 0 Å². The van der Waals surface area contributed by atoms with E-state index >= 15 is 0 Å². The molecule has 2 aromatic heterocycles. The molecule has 10 heteroatoms. The molecule has 0 unspecified atom stereocenters. The molecular weight excluding hydrogens is 549 g/mol. The summed E-state index contributed by atoms with van der Waals surface area (Å²) in [5, 5.41) is 5.53.